The highest BCUT2D eigenvalue weighted by Gasteiger charge is 2.44. The Morgan fingerprint density at radius 1 is 1.27 bits per heavy atom. The topological polar surface area (TPSA) is 37.8 Å². The van der Waals surface area contributed by atoms with Crippen molar-refractivity contribution in [3.05, 3.63) is 36.3 Å². The lowest BCUT2D eigenvalue weighted by atomic mass is 10.1. The minimum absolute atomic E-state index is 0.143. The molecule has 76 valence electrons. The Morgan fingerprint density at radius 3 is 2.87 bits per heavy atom. The van der Waals surface area contributed by atoms with Crippen LogP contribution in [-0.4, -0.2) is 17.0 Å². The lowest BCUT2D eigenvalue weighted by molar-refractivity contribution is 0.570. The normalized spacial score (nSPS) is 17.9. The Balaban J connectivity index is 2.14. The lowest BCUT2D eigenvalue weighted by Gasteiger charge is -2.13. The van der Waals surface area contributed by atoms with Crippen molar-refractivity contribution in [2.45, 2.75) is 18.4 Å². The smallest absolute Gasteiger partial charge is 0.0889 e. The minimum Gasteiger partial charge on any atom is -0.309 e. The van der Waals surface area contributed by atoms with Gasteiger partial charge in [-0.3, -0.25) is 4.98 Å². The summed E-state index contributed by atoms with van der Waals surface area (Å²) >= 11 is 0. The Hall–Kier alpha value is -1.48. The van der Waals surface area contributed by atoms with Gasteiger partial charge >= 0.3 is 0 Å². The number of hydrogen-bond acceptors (Lipinski definition) is 3. The van der Waals surface area contributed by atoms with Gasteiger partial charge in [-0.05, 0) is 32.0 Å². The van der Waals surface area contributed by atoms with E-state index in [1.807, 2.05) is 19.3 Å². The molecule has 1 N–H and O–H groups in total. The zero-order valence-electron chi connectivity index (χ0n) is 8.70. The molecule has 0 bridgehead atoms. The molecule has 0 radical (unpaired) electrons. The molecule has 2 heterocycles. The fourth-order valence-corrected chi connectivity index (χ4v) is 1.99. The molecule has 0 spiro atoms. The average Bonchev–Trinajstić information content (AvgIpc) is 3.09. The van der Waals surface area contributed by atoms with Gasteiger partial charge in [0, 0.05) is 11.6 Å². The standard InChI is InChI=1S/C12H13N3/c1-13-12(5-6-12)11-3-2-9-4-7-14-8-10(9)15-11/h2-4,7-8,13H,5-6H2,1H3. The third kappa shape index (κ3) is 1.31. The van der Waals surface area contributed by atoms with E-state index in [2.05, 4.69) is 27.4 Å². The molecule has 0 atom stereocenters. The second-order valence-electron chi connectivity index (χ2n) is 4.10. The Labute approximate surface area is 88.6 Å². The highest BCUT2D eigenvalue weighted by Crippen LogP contribution is 2.44. The van der Waals surface area contributed by atoms with Gasteiger partial charge in [-0.15, -0.1) is 0 Å². The second kappa shape index (κ2) is 3.00. The van der Waals surface area contributed by atoms with Crippen molar-refractivity contribution in [1.29, 1.82) is 0 Å². The molecule has 3 nitrogen and oxygen atoms in total. The first-order valence-electron chi connectivity index (χ1n) is 5.24. The molecule has 0 saturated heterocycles. The number of nitrogens with zero attached hydrogens (tertiary/aromatic N) is 2. The van der Waals surface area contributed by atoms with Crippen LogP contribution in [0.15, 0.2) is 30.6 Å². The highest BCUT2D eigenvalue weighted by atomic mass is 15.0. The fraction of sp³-hybridized carbons (Fsp3) is 0.333. The summed E-state index contributed by atoms with van der Waals surface area (Å²) in [5.74, 6) is 0. The van der Waals surface area contributed by atoms with Crippen molar-refractivity contribution in [2.75, 3.05) is 7.05 Å². The van der Waals surface area contributed by atoms with E-state index in [-0.39, 0.29) is 5.54 Å². The van der Waals surface area contributed by atoms with E-state index in [0.29, 0.717) is 0 Å². The van der Waals surface area contributed by atoms with Crippen LogP contribution in [0.1, 0.15) is 18.5 Å². The number of fused-ring (bicyclic) bond motifs is 1. The maximum Gasteiger partial charge on any atom is 0.0889 e. The molecule has 1 aliphatic carbocycles. The first-order chi connectivity index (χ1) is 7.34. The second-order valence-corrected chi connectivity index (χ2v) is 4.10. The van der Waals surface area contributed by atoms with Gasteiger partial charge in [-0.25, -0.2) is 4.98 Å². The summed E-state index contributed by atoms with van der Waals surface area (Å²) in [6.45, 7) is 0. The van der Waals surface area contributed by atoms with Gasteiger partial charge in [-0.1, -0.05) is 6.07 Å². The van der Waals surface area contributed by atoms with E-state index >= 15 is 0 Å². The summed E-state index contributed by atoms with van der Waals surface area (Å²) < 4.78 is 0. The van der Waals surface area contributed by atoms with Crippen molar-refractivity contribution >= 4 is 10.9 Å². The van der Waals surface area contributed by atoms with Gasteiger partial charge in [-0.2, -0.15) is 0 Å². The van der Waals surface area contributed by atoms with Gasteiger partial charge in [0.25, 0.3) is 0 Å². The number of hydrogen-bond donors (Lipinski definition) is 1. The van der Waals surface area contributed by atoms with Crippen molar-refractivity contribution in [3.63, 3.8) is 0 Å². The summed E-state index contributed by atoms with van der Waals surface area (Å²) in [7, 11) is 2.00. The molecule has 1 aliphatic rings. The third-order valence-electron chi connectivity index (χ3n) is 3.21. The number of nitrogens with one attached hydrogen (secondary N) is 1. The predicted molar refractivity (Wildman–Crippen MR) is 59.5 cm³/mol. The van der Waals surface area contributed by atoms with E-state index in [1.54, 1.807) is 6.20 Å². The molecule has 0 unspecified atom stereocenters. The Kier molecular flexibility index (Phi) is 1.76. The summed E-state index contributed by atoms with van der Waals surface area (Å²) in [6.07, 6.45) is 5.99. The van der Waals surface area contributed by atoms with Crippen LogP contribution in [0.25, 0.3) is 10.9 Å². The molecule has 1 fully saturated rings. The molecule has 0 aromatic carbocycles. The van der Waals surface area contributed by atoms with E-state index in [0.717, 1.165) is 16.6 Å². The monoisotopic (exact) mass is 199 g/mol. The van der Waals surface area contributed by atoms with Gasteiger partial charge in [0.15, 0.2) is 0 Å². The quantitative estimate of drug-likeness (QED) is 0.802. The van der Waals surface area contributed by atoms with E-state index in [4.69, 9.17) is 0 Å². The first kappa shape index (κ1) is 8.80. The summed E-state index contributed by atoms with van der Waals surface area (Å²) in [6, 6.07) is 6.23. The zero-order chi connectivity index (χ0) is 10.3. The van der Waals surface area contributed by atoms with E-state index in [9.17, 15) is 0 Å². The molecular weight excluding hydrogens is 186 g/mol. The molecule has 0 amide bonds. The fourth-order valence-electron chi connectivity index (χ4n) is 1.99. The van der Waals surface area contributed by atoms with Crippen LogP contribution in [0.2, 0.25) is 0 Å². The van der Waals surface area contributed by atoms with Gasteiger partial charge < -0.3 is 5.32 Å². The minimum atomic E-state index is 0.143. The largest absolute Gasteiger partial charge is 0.309 e. The Bertz CT molecular complexity index is 503. The highest BCUT2D eigenvalue weighted by molar-refractivity contribution is 5.77. The van der Waals surface area contributed by atoms with Crippen molar-refractivity contribution in [3.8, 4) is 0 Å². The Morgan fingerprint density at radius 2 is 2.13 bits per heavy atom. The maximum absolute atomic E-state index is 4.66. The number of pyridine rings is 2. The number of aromatic nitrogens is 2. The lowest BCUT2D eigenvalue weighted by Crippen LogP contribution is -2.25. The molecule has 0 aliphatic heterocycles. The van der Waals surface area contributed by atoms with Crippen LogP contribution in [0.4, 0.5) is 0 Å². The van der Waals surface area contributed by atoms with Crippen LogP contribution in [0, 0.1) is 0 Å². The van der Waals surface area contributed by atoms with Crippen LogP contribution < -0.4 is 5.32 Å². The molecular formula is C12H13N3. The predicted octanol–water partition coefficient (Wildman–Crippen LogP) is 1.84. The van der Waals surface area contributed by atoms with Gasteiger partial charge in [0.2, 0.25) is 0 Å². The van der Waals surface area contributed by atoms with Crippen molar-refractivity contribution in [2.24, 2.45) is 0 Å². The first-order valence-corrected chi connectivity index (χ1v) is 5.24. The molecule has 15 heavy (non-hydrogen) atoms. The van der Waals surface area contributed by atoms with Crippen LogP contribution in [-0.2, 0) is 5.54 Å². The van der Waals surface area contributed by atoms with Gasteiger partial charge in [0.1, 0.15) is 0 Å². The SMILES string of the molecule is CNC1(c2ccc3ccncc3n2)CC1. The molecule has 3 heteroatoms. The molecule has 2 aromatic rings. The van der Waals surface area contributed by atoms with Crippen LogP contribution in [0.5, 0.6) is 0 Å². The average molecular weight is 199 g/mol. The summed E-state index contributed by atoms with van der Waals surface area (Å²) in [5, 5.41) is 4.50. The maximum atomic E-state index is 4.66. The molecule has 2 aromatic heterocycles. The van der Waals surface area contributed by atoms with Crippen molar-refractivity contribution < 1.29 is 0 Å². The van der Waals surface area contributed by atoms with Crippen LogP contribution >= 0.6 is 0 Å². The summed E-state index contributed by atoms with van der Waals surface area (Å²) in [4.78, 5) is 8.75. The third-order valence-corrected chi connectivity index (χ3v) is 3.21. The van der Waals surface area contributed by atoms with E-state index < -0.39 is 0 Å². The summed E-state index contributed by atoms with van der Waals surface area (Å²) in [5.41, 5.74) is 2.27. The molecule has 3 rings (SSSR count). The van der Waals surface area contributed by atoms with Crippen molar-refractivity contribution in [1.82, 2.24) is 15.3 Å². The van der Waals surface area contributed by atoms with Crippen LogP contribution in [0.3, 0.4) is 0 Å². The van der Waals surface area contributed by atoms with Gasteiger partial charge in [0.05, 0.1) is 22.9 Å². The van der Waals surface area contributed by atoms with E-state index in [1.165, 1.54) is 12.8 Å². The molecule has 1 saturated carbocycles. The number of rotatable bonds is 2. The zero-order valence-corrected chi connectivity index (χ0v) is 8.70.